The van der Waals surface area contributed by atoms with Crippen molar-refractivity contribution < 1.29 is 0 Å². The van der Waals surface area contributed by atoms with Crippen LogP contribution in [-0.2, 0) is 0 Å². The fourth-order valence-electron chi connectivity index (χ4n) is 3.06. The van der Waals surface area contributed by atoms with Gasteiger partial charge in [-0.3, -0.25) is 4.90 Å². The average molecular weight is 177 g/mol. The monoisotopic (exact) mass is 177 g/mol. The Morgan fingerprint density at radius 3 is 2.23 bits per heavy atom. The molecule has 0 saturated carbocycles. The largest absolute Gasteiger partial charge is 0.289 e. The Morgan fingerprint density at radius 1 is 1.23 bits per heavy atom. The van der Waals surface area contributed by atoms with Gasteiger partial charge in [-0.15, -0.1) is 0 Å². The Bertz CT molecular complexity index is 232. The third kappa shape index (κ3) is 1.35. The van der Waals surface area contributed by atoms with Crippen LogP contribution in [-0.4, -0.2) is 23.5 Å². The molecule has 2 fully saturated rings. The molecule has 2 aliphatic heterocycles. The van der Waals surface area contributed by atoms with E-state index in [1.54, 1.807) is 0 Å². The molecule has 2 heterocycles. The summed E-state index contributed by atoms with van der Waals surface area (Å²) in [5.41, 5.74) is 3.27. The third-order valence-electron chi connectivity index (χ3n) is 3.37. The zero-order valence-corrected chi connectivity index (χ0v) is 8.60. The second-order valence-electron chi connectivity index (χ2n) is 4.68. The molecule has 1 nitrogen and oxygen atoms in total. The Kier molecular flexibility index (Phi) is 2.07. The summed E-state index contributed by atoms with van der Waals surface area (Å²) in [6.45, 7) is 12.7. The summed E-state index contributed by atoms with van der Waals surface area (Å²) in [5.74, 6) is 0. The Hall–Kier alpha value is -0.560. The van der Waals surface area contributed by atoms with E-state index in [1.807, 2.05) is 0 Å². The van der Waals surface area contributed by atoms with E-state index in [2.05, 4.69) is 25.0 Å². The van der Waals surface area contributed by atoms with E-state index in [4.69, 9.17) is 0 Å². The minimum atomic E-state index is 0.433. The van der Waals surface area contributed by atoms with E-state index in [-0.39, 0.29) is 0 Å². The van der Waals surface area contributed by atoms with Crippen molar-refractivity contribution in [1.29, 1.82) is 0 Å². The lowest BCUT2D eigenvalue weighted by atomic mass is 9.87. The summed E-state index contributed by atoms with van der Waals surface area (Å²) in [6.07, 6.45) is 5.00. The zero-order valence-electron chi connectivity index (χ0n) is 8.60. The van der Waals surface area contributed by atoms with Crippen LogP contribution >= 0.6 is 0 Å². The quantitative estimate of drug-likeness (QED) is 0.586. The van der Waals surface area contributed by atoms with E-state index in [0.29, 0.717) is 5.54 Å². The standard InChI is InChI=1S/C12H19N/c1-4-5-12-6-10(2)8-13(12)9-11(3)7-12/h2-9H2,1H3. The van der Waals surface area contributed by atoms with Crippen LogP contribution < -0.4 is 0 Å². The van der Waals surface area contributed by atoms with Crippen molar-refractivity contribution in [3.63, 3.8) is 0 Å². The van der Waals surface area contributed by atoms with Gasteiger partial charge in [0.05, 0.1) is 0 Å². The molecule has 0 N–H and O–H groups in total. The van der Waals surface area contributed by atoms with Gasteiger partial charge in [0, 0.05) is 18.6 Å². The lowest BCUT2D eigenvalue weighted by Gasteiger charge is -2.30. The van der Waals surface area contributed by atoms with Gasteiger partial charge >= 0.3 is 0 Å². The highest BCUT2D eigenvalue weighted by Gasteiger charge is 2.46. The SMILES string of the molecule is C=C1CN2CC(=C)CC2(CCC)C1. The van der Waals surface area contributed by atoms with Crippen LogP contribution in [0.3, 0.4) is 0 Å². The van der Waals surface area contributed by atoms with Crippen molar-refractivity contribution in [2.45, 2.75) is 38.1 Å². The predicted octanol–water partition coefficient (Wildman–Crippen LogP) is 2.75. The van der Waals surface area contributed by atoms with Gasteiger partial charge < -0.3 is 0 Å². The Labute approximate surface area is 81.1 Å². The van der Waals surface area contributed by atoms with Gasteiger partial charge in [0.25, 0.3) is 0 Å². The molecule has 0 unspecified atom stereocenters. The molecule has 0 atom stereocenters. The van der Waals surface area contributed by atoms with Crippen LogP contribution in [0, 0.1) is 0 Å². The molecule has 0 bridgehead atoms. The van der Waals surface area contributed by atoms with Gasteiger partial charge in [-0.1, -0.05) is 37.6 Å². The number of hydrogen-bond acceptors (Lipinski definition) is 1. The zero-order chi connectivity index (χ0) is 9.47. The lowest BCUT2D eigenvalue weighted by Crippen LogP contribution is -2.37. The smallest absolute Gasteiger partial charge is 0.0291 e. The molecule has 0 amide bonds. The molecule has 0 radical (unpaired) electrons. The number of fused-ring (bicyclic) bond motifs is 1. The lowest BCUT2D eigenvalue weighted by molar-refractivity contribution is 0.181. The number of hydrogen-bond donors (Lipinski definition) is 0. The van der Waals surface area contributed by atoms with Gasteiger partial charge in [0.1, 0.15) is 0 Å². The fourth-order valence-corrected chi connectivity index (χ4v) is 3.06. The van der Waals surface area contributed by atoms with Gasteiger partial charge in [0.2, 0.25) is 0 Å². The normalized spacial score (nSPS) is 26.8. The molecule has 2 rings (SSSR count). The molecule has 2 saturated heterocycles. The Balaban J connectivity index is 2.20. The van der Waals surface area contributed by atoms with Crippen molar-refractivity contribution >= 4 is 0 Å². The van der Waals surface area contributed by atoms with Gasteiger partial charge in [-0.05, 0) is 19.3 Å². The maximum Gasteiger partial charge on any atom is 0.0291 e. The first-order valence-electron chi connectivity index (χ1n) is 5.25. The predicted molar refractivity (Wildman–Crippen MR) is 56.7 cm³/mol. The second-order valence-corrected chi connectivity index (χ2v) is 4.68. The first-order valence-corrected chi connectivity index (χ1v) is 5.25. The van der Waals surface area contributed by atoms with Gasteiger partial charge in [-0.25, -0.2) is 0 Å². The topological polar surface area (TPSA) is 3.24 Å². The van der Waals surface area contributed by atoms with E-state index in [9.17, 15) is 0 Å². The molecule has 0 aromatic heterocycles. The molecular formula is C12H19N. The van der Waals surface area contributed by atoms with Crippen LogP contribution in [0.2, 0.25) is 0 Å². The highest BCUT2D eigenvalue weighted by Crippen LogP contribution is 2.45. The van der Waals surface area contributed by atoms with E-state index in [0.717, 1.165) is 13.1 Å². The van der Waals surface area contributed by atoms with Crippen LogP contribution in [0.15, 0.2) is 24.3 Å². The summed E-state index contributed by atoms with van der Waals surface area (Å²) in [5, 5.41) is 0. The molecular weight excluding hydrogens is 158 g/mol. The van der Waals surface area contributed by atoms with Crippen molar-refractivity contribution in [3.8, 4) is 0 Å². The van der Waals surface area contributed by atoms with Crippen LogP contribution in [0.5, 0.6) is 0 Å². The minimum Gasteiger partial charge on any atom is -0.289 e. The van der Waals surface area contributed by atoms with Crippen molar-refractivity contribution in [2.75, 3.05) is 13.1 Å². The van der Waals surface area contributed by atoms with Crippen LogP contribution in [0.4, 0.5) is 0 Å². The molecule has 2 aliphatic rings. The summed E-state index contributed by atoms with van der Waals surface area (Å²) in [4.78, 5) is 2.58. The van der Waals surface area contributed by atoms with Crippen LogP contribution in [0.1, 0.15) is 32.6 Å². The molecule has 0 aromatic carbocycles. The fraction of sp³-hybridized carbons (Fsp3) is 0.667. The molecule has 13 heavy (non-hydrogen) atoms. The van der Waals surface area contributed by atoms with Gasteiger partial charge in [-0.2, -0.15) is 0 Å². The first kappa shape index (κ1) is 9.01. The highest BCUT2D eigenvalue weighted by atomic mass is 15.2. The number of nitrogens with zero attached hydrogens (tertiary/aromatic N) is 1. The van der Waals surface area contributed by atoms with Crippen molar-refractivity contribution in [3.05, 3.63) is 24.3 Å². The maximum atomic E-state index is 4.12. The van der Waals surface area contributed by atoms with E-state index < -0.39 is 0 Å². The van der Waals surface area contributed by atoms with Crippen molar-refractivity contribution in [2.24, 2.45) is 0 Å². The minimum absolute atomic E-state index is 0.433. The summed E-state index contributed by atoms with van der Waals surface area (Å²) in [6, 6.07) is 0. The molecule has 72 valence electrons. The van der Waals surface area contributed by atoms with E-state index >= 15 is 0 Å². The molecule has 0 aliphatic carbocycles. The van der Waals surface area contributed by atoms with Crippen LogP contribution in [0.25, 0.3) is 0 Å². The first-order chi connectivity index (χ1) is 6.16. The highest BCUT2D eigenvalue weighted by molar-refractivity contribution is 5.25. The Morgan fingerprint density at radius 2 is 1.77 bits per heavy atom. The molecule has 0 spiro atoms. The second kappa shape index (κ2) is 2.98. The number of rotatable bonds is 2. The summed E-state index contributed by atoms with van der Waals surface area (Å²) < 4.78 is 0. The summed E-state index contributed by atoms with van der Waals surface area (Å²) >= 11 is 0. The third-order valence-corrected chi connectivity index (χ3v) is 3.37. The van der Waals surface area contributed by atoms with Crippen molar-refractivity contribution in [1.82, 2.24) is 4.90 Å². The molecule has 0 aromatic rings. The van der Waals surface area contributed by atoms with Gasteiger partial charge in [0.15, 0.2) is 0 Å². The maximum absolute atomic E-state index is 4.12. The average Bonchev–Trinajstić information content (AvgIpc) is 2.40. The van der Waals surface area contributed by atoms with E-state index in [1.165, 1.54) is 36.8 Å². The summed E-state index contributed by atoms with van der Waals surface area (Å²) in [7, 11) is 0. The molecule has 1 heteroatoms.